The molecule has 0 spiro atoms. The minimum absolute atomic E-state index is 0.363. The number of nitrogens with one attached hydrogen (secondary N) is 1. The number of benzene rings is 1. The molecule has 20 heavy (non-hydrogen) atoms. The predicted octanol–water partition coefficient (Wildman–Crippen LogP) is 3.08. The smallest absolute Gasteiger partial charge is 0.407 e. The standard InChI is InChI=1S/C15H23ClN2O2/c1-14(2,3)20-13(19)18-10-15(4,9-17)11-7-5-6-8-12(11)16/h5-8H,9-10,17H2,1-4H3,(H,18,19). The highest BCUT2D eigenvalue weighted by atomic mass is 35.5. The number of ether oxygens (including phenoxy) is 1. The van der Waals surface area contributed by atoms with Crippen molar-refractivity contribution >= 4 is 17.7 Å². The van der Waals surface area contributed by atoms with Crippen LogP contribution in [0, 0.1) is 0 Å². The third kappa shape index (κ3) is 4.69. The minimum Gasteiger partial charge on any atom is -0.444 e. The van der Waals surface area contributed by atoms with E-state index in [9.17, 15) is 4.79 Å². The van der Waals surface area contributed by atoms with Gasteiger partial charge >= 0.3 is 6.09 Å². The first kappa shape index (κ1) is 16.8. The summed E-state index contributed by atoms with van der Waals surface area (Å²) in [6.45, 7) is 8.16. The van der Waals surface area contributed by atoms with Crippen molar-refractivity contribution in [3.8, 4) is 0 Å². The molecule has 0 heterocycles. The lowest BCUT2D eigenvalue weighted by Gasteiger charge is -2.30. The van der Waals surface area contributed by atoms with E-state index in [0.29, 0.717) is 18.1 Å². The zero-order chi connectivity index (χ0) is 15.4. The summed E-state index contributed by atoms with van der Waals surface area (Å²) < 4.78 is 5.22. The molecule has 3 N–H and O–H groups in total. The van der Waals surface area contributed by atoms with Gasteiger partial charge < -0.3 is 15.8 Å². The van der Waals surface area contributed by atoms with E-state index in [1.165, 1.54) is 0 Å². The molecule has 1 amide bonds. The monoisotopic (exact) mass is 298 g/mol. The lowest BCUT2D eigenvalue weighted by Crippen LogP contribution is -2.45. The number of alkyl carbamates (subject to hydrolysis) is 1. The number of carbonyl (C=O) groups excluding carboxylic acids is 1. The van der Waals surface area contributed by atoms with Crippen LogP contribution in [0.15, 0.2) is 24.3 Å². The summed E-state index contributed by atoms with van der Waals surface area (Å²) >= 11 is 6.21. The Labute approximate surface area is 125 Å². The Morgan fingerprint density at radius 3 is 2.40 bits per heavy atom. The Morgan fingerprint density at radius 2 is 1.90 bits per heavy atom. The first-order chi connectivity index (χ1) is 9.18. The summed E-state index contributed by atoms with van der Waals surface area (Å²) in [7, 11) is 0. The third-order valence-corrected chi connectivity index (χ3v) is 3.33. The molecule has 1 aromatic rings. The molecule has 0 saturated carbocycles. The molecule has 1 rings (SSSR count). The Balaban J connectivity index is 2.77. The van der Waals surface area contributed by atoms with Crippen LogP contribution in [0.1, 0.15) is 33.3 Å². The fraction of sp³-hybridized carbons (Fsp3) is 0.533. The van der Waals surface area contributed by atoms with Gasteiger partial charge in [0, 0.05) is 23.5 Å². The van der Waals surface area contributed by atoms with Crippen molar-refractivity contribution in [3.05, 3.63) is 34.9 Å². The van der Waals surface area contributed by atoms with Gasteiger partial charge in [-0.2, -0.15) is 0 Å². The van der Waals surface area contributed by atoms with Gasteiger partial charge in [0.25, 0.3) is 0 Å². The lowest BCUT2D eigenvalue weighted by atomic mass is 9.82. The summed E-state index contributed by atoms with van der Waals surface area (Å²) in [6, 6.07) is 7.51. The minimum atomic E-state index is -0.520. The lowest BCUT2D eigenvalue weighted by molar-refractivity contribution is 0.0516. The summed E-state index contributed by atoms with van der Waals surface area (Å²) in [5, 5.41) is 3.40. The van der Waals surface area contributed by atoms with E-state index in [0.717, 1.165) is 5.56 Å². The zero-order valence-electron chi connectivity index (χ0n) is 12.5. The normalized spacial score (nSPS) is 14.5. The molecule has 112 valence electrons. The first-order valence-electron chi connectivity index (χ1n) is 6.60. The fourth-order valence-corrected chi connectivity index (χ4v) is 2.17. The summed E-state index contributed by atoms with van der Waals surface area (Å²) in [5.74, 6) is 0. The number of rotatable bonds is 4. The van der Waals surface area contributed by atoms with Gasteiger partial charge in [-0.3, -0.25) is 0 Å². The number of carbonyl (C=O) groups is 1. The van der Waals surface area contributed by atoms with Crippen molar-refractivity contribution in [3.63, 3.8) is 0 Å². The molecule has 1 unspecified atom stereocenters. The average Bonchev–Trinajstić information content (AvgIpc) is 2.34. The van der Waals surface area contributed by atoms with E-state index < -0.39 is 17.1 Å². The highest BCUT2D eigenvalue weighted by Gasteiger charge is 2.28. The van der Waals surface area contributed by atoms with E-state index in [-0.39, 0.29) is 0 Å². The van der Waals surface area contributed by atoms with E-state index in [1.807, 2.05) is 52.0 Å². The van der Waals surface area contributed by atoms with Crippen LogP contribution in [0.2, 0.25) is 5.02 Å². The summed E-state index contributed by atoms with van der Waals surface area (Å²) in [6.07, 6.45) is -0.454. The highest BCUT2D eigenvalue weighted by Crippen LogP contribution is 2.28. The van der Waals surface area contributed by atoms with Crippen LogP contribution in [-0.2, 0) is 10.2 Å². The fourth-order valence-electron chi connectivity index (χ4n) is 1.81. The van der Waals surface area contributed by atoms with Crippen LogP contribution in [0.4, 0.5) is 4.79 Å². The highest BCUT2D eigenvalue weighted by molar-refractivity contribution is 6.31. The number of hydrogen-bond acceptors (Lipinski definition) is 3. The van der Waals surface area contributed by atoms with E-state index in [2.05, 4.69) is 5.32 Å². The van der Waals surface area contributed by atoms with Crippen molar-refractivity contribution in [1.82, 2.24) is 5.32 Å². The van der Waals surface area contributed by atoms with Crippen molar-refractivity contribution in [2.45, 2.75) is 38.7 Å². The average molecular weight is 299 g/mol. The molecule has 0 aliphatic rings. The summed E-state index contributed by atoms with van der Waals surface area (Å²) in [5.41, 5.74) is 5.83. The molecule has 5 heteroatoms. The molecule has 1 atom stereocenters. The van der Waals surface area contributed by atoms with Gasteiger partial charge in [0.05, 0.1) is 0 Å². The SMILES string of the molecule is CC(C)(C)OC(=O)NCC(C)(CN)c1ccccc1Cl. The molecule has 0 aromatic heterocycles. The molecule has 0 saturated heterocycles. The van der Waals surface area contributed by atoms with E-state index in [4.69, 9.17) is 22.1 Å². The number of hydrogen-bond donors (Lipinski definition) is 2. The Morgan fingerprint density at radius 1 is 1.30 bits per heavy atom. The molecular weight excluding hydrogens is 276 g/mol. The second-order valence-electron chi connectivity index (χ2n) is 6.10. The van der Waals surface area contributed by atoms with Crippen molar-refractivity contribution < 1.29 is 9.53 Å². The van der Waals surface area contributed by atoms with E-state index in [1.54, 1.807) is 0 Å². The van der Waals surface area contributed by atoms with Crippen LogP contribution in [0.3, 0.4) is 0 Å². The van der Waals surface area contributed by atoms with Crippen LogP contribution in [0.5, 0.6) is 0 Å². The van der Waals surface area contributed by atoms with Crippen molar-refractivity contribution in [2.75, 3.05) is 13.1 Å². The number of halogens is 1. The Hall–Kier alpha value is -1.26. The van der Waals surface area contributed by atoms with Gasteiger partial charge in [-0.15, -0.1) is 0 Å². The van der Waals surface area contributed by atoms with Gasteiger partial charge in [0.2, 0.25) is 0 Å². The maximum Gasteiger partial charge on any atom is 0.407 e. The van der Waals surface area contributed by atoms with Crippen molar-refractivity contribution in [2.24, 2.45) is 5.73 Å². The van der Waals surface area contributed by atoms with Crippen LogP contribution in [-0.4, -0.2) is 24.8 Å². The van der Waals surface area contributed by atoms with Crippen LogP contribution < -0.4 is 11.1 Å². The van der Waals surface area contributed by atoms with Crippen LogP contribution in [0.25, 0.3) is 0 Å². The molecule has 0 aliphatic heterocycles. The van der Waals surface area contributed by atoms with Gasteiger partial charge in [-0.25, -0.2) is 4.79 Å². The number of amides is 1. The first-order valence-corrected chi connectivity index (χ1v) is 6.98. The predicted molar refractivity (Wildman–Crippen MR) is 82.1 cm³/mol. The van der Waals surface area contributed by atoms with Crippen molar-refractivity contribution in [1.29, 1.82) is 0 Å². The second kappa shape index (κ2) is 6.46. The van der Waals surface area contributed by atoms with E-state index >= 15 is 0 Å². The molecule has 0 bridgehead atoms. The molecule has 0 fully saturated rings. The quantitative estimate of drug-likeness (QED) is 0.898. The third-order valence-electron chi connectivity index (χ3n) is 3.00. The molecule has 4 nitrogen and oxygen atoms in total. The maximum atomic E-state index is 11.7. The van der Waals surface area contributed by atoms with Gasteiger partial charge in [0.1, 0.15) is 5.60 Å². The molecule has 0 radical (unpaired) electrons. The topological polar surface area (TPSA) is 64.3 Å². The largest absolute Gasteiger partial charge is 0.444 e. The summed E-state index contributed by atoms with van der Waals surface area (Å²) in [4.78, 5) is 11.7. The van der Waals surface area contributed by atoms with Gasteiger partial charge in [0.15, 0.2) is 0 Å². The number of nitrogens with two attached hydrogens (primary N) is 1. The molecule has 1 aromatic carbocycles. The Kier molecular flexibility index (Phi) is 5.42. The second-order valence-corrected chi connectivity index (χ2v) is 6.51. The molecular formula is C15H23ClN2O2. The Bertz CT molecular complexity index is 471. The maximum absolute atomic E-state index is 11.7. The van der Waals surface area contributed by atoms with Gasteiger partial charge in [-0.1, -0.05) is 36.7 Å². The van der Waals surface area contributed by atoms with Crippen LogP contribution >= 0.6 is 11.6 Å². The molecule has 0 aliphatic carbocycles. The zero-order valence-corrected chi connectivity index (χ0v) is 13.3. The van der Waals surface area contributed by atoms with Gasteiger partial charge in [-0.05, 0) is 32.4 Å².